The van der Waals surface area contributed by atoms with E-state index >= 15 is 0 Å². The van der Waals surface area contributed by atoms with E-state index in [0.717, 1.165) is 0 Å². The van der Waals surface area contributed by atoms with E-state index in [9.17, 15) is 40.7 Å². The van der Waals surface area contributed by atoms with Crippen LogP contribution in [0.3, 0.4) is 0 Å². The van der Waals surface area contributed by atoms with E-state index in [0.29, 0.717) is 0 Å². The fourth-order valence-electron chi connectivity index (χ4n) is 2.35. The Morgan fingerprint density at radius 2 is 1.40 bits per heavy atom. The van der Waals surface area contributed by atoms with Crippen LogP contribution in [-0.4, -0.2) is 47.4 Å². The molecule has 0 aliphatic carbocycles. The molecule has 0 fully saturated rings. The summed E-state index contributed by atoms with van der Waals surface area (Å²) in [6, 6.07) is -0.585. The normalized spacial score (nSPS) is 12.7. The van der Waals surface area contributed by atoms with Gasteiger partial charge in [0.25, 0.3) is 5.91 Å². The summed E-state index contributed by atoms with van der Waals surface area (Å²) < 4.78 is 77.2. The molecule has 0 radical (unpaired) electrons. The highest BCUT2D eigenvalue weighted by Gasteiger charge is 2.37. The molecule has 1 aromatic carbocycles. The summed E-state index contributed by atoms with van der Waals surface area (Å²) in [5, 5.41) is 23.3. The van der Waals surface area contributed by atoms with Crippen molar-refractivity contribution in [3.63, 3.8) is 0 Å². The molecule has 0 unspecified atom stereocenters. The summed E-state index contributed by atoms with van der Waals surface area (Å²) in [5.41, 5.74) is -4.23. The first-order chi connectivity index (χ1) is 13.7. The van der Waals surface area contributed by atoms with Crippen molar-refractivity contribution >= 4 is 18.1 Å². The minimum Gasteiger partial charge on any atom is -0.465 e. The summed E-state index contributed by atoms with van der Waals surface area (Å²) in [6.45, 7) is -0.487. The van der Waals surface area contributed by atoms with Crippen molar-refractivity contribution in [2.45, 2.75) is 31.2 Å². The van der Waals surface area contributed by atoms with E-state index in [2.05, 4.69) is 5.32 Å². The molecule has 3 amide bonds. The van der Waals surface area contributed by atoms with Gasteiger partial charge < -0.3 is 26.2 Å². The first-order valence-electron chi connectivity index (χ1n) is 8.24. The largest absolute Gasteiger partial charge is 0.465 e. The Hall–Kier alpha value is -3.19. The van der Waals surface area contributed by atoms with Crippen LogP contribution in [0.25, 0.3) is 0 Å². The molecule has 0 heterocycles. The molecule has 1 rings (SSSR count). The van der Waals surface area contributed by atoms with Crippen LogP contribution >= 0.6 is 0 Å². The molecule has 1 atom stereocenters. The van der Waals surface area contributed by atoms with Crippen LogP contribution in [0.15, 0.2) is 18.2 Å². The Balaban J connectivity index is 2.92. The first kappa shape index (κ1) is 24.8. The minimum absolute atomic E-state index is 0.0310. The number of carbonyl (C=O) groups is 3. The summed E-state index contributed by atoms with van der Waals surface area (Å²) in [7, 11) is 0. The van der Waals surface area contributed by atoms with Crippen LogP contribution in [0.2, 0.25) is 0 Å². The van der Waals surface area contributed by atoms with E-state index in [1.54, 1.807) is 0 Å². The lowest BCUT2D eigenvalue weighted by molar-refractivity contribution is -0.143. The number of hydrogen-bond acceptors (Lipinski definition) is 3. The average molecular weight is 445 g/mol. The van der Waals surface area contributed by atoms with Gasteiger partial charge in [-0.15, -0.1) is 0 Å². The second-order valence-corrected chi connectivity index (χ2v) is 6.03. The maximum Gasteiger partial charge on any atom is 0.416 e. The van der Waals surface area contributed by atoms with E-state index in [4.69, 9.17) is 10.2 Å². The summed E-state index contributed by atoms with van der Waals surface area (Å²) in [5.74, 6) is -1.27. The number of carbonyl (C=O) groups excluding carboxylic acids is 1. The molecule has 0 aliphatic rings. The number of benzene rings is 1. The van der Waals surface area contributed by atoms with Crippen LogP contribution in [0.4, 0.5) is 35.9 Å². The fourth-order valence-corrected chi connectivity index (χ4v) is 2.35. The van der Waals surface area contributed by atoms with Crippen molar-refractivity contribution in [1.29, 1.82) is 0 Å². The quantitative estimate of drug-likeness (QED) is 0.310. The number of carboxylic acid groups (broad SMARTS) is 2. The van der Waals surface area contributed by atoms with Gasteiger partial charge in [0.1, 0.15) is 0 Å². The fraction of sp³-hybridized carbons (Fsp3) is 0.438. The number of alkyl halides is 6. The third-order valence-electron chi connectivity index (χ3n) is 3.69. The van der Waals surface area contributed by atoms with Gasteiger partial charge in [-0.05, 0) is 31.0 Å². The standard InChI is InChI=1S/C16H17F6N3O5/c17-15(18,19)9-4-8(5-10(6-9)16(20,21)22)12(26)24-7-11(25-14(29)30)2-1-3-23-13(27)28/h4-6,11,23,25H,1-3,7H2,(H,24,26)(H,27,28)(H,29,30)/t11-/m1/s1. The highest BCUT2D eigenvalue weighted by Crippen LogP contribution is 2.36. The average Bonchev–Trinajstić information content (AvgIpc) is 2.60. The highest BCUT2D eigenvalue weighted by molar-refractivity contribution is 5.94. The zero-order valence-electron chi connectivity index (χ0n) is 15.0. The van der Waals surface area contributed by atoms with Gasteiger partial charge in [-0.25, -0.2) is 9.59 Å². The smallest absolute Gasteiger partial charge is 0.416 e. The molecule has 14 heteroatoms. The molecule has 168 valence electrons. The molecular weight excluding hydrogens is 428 g/mol. The van der Waals surface area contributed by atoms with E-state index in [1.807, 2.05) is 10.6 Å². The second kappa shape index (κ2) is 10.0. The van der Waals surface area contributed by atoms with E-state index < -0.39 is 59.7 Å². The number of halogens is 6. The number of hydrogen-bond donors (Lipinski definition) is 5. The van der Waals surface area contributed by atoms with Gasteiger partial charge in [-0.3, -0.25) is 4.79 Å². The lowest BCUT2D eigenvalue weighted by Gasteiger charge is -2.18. The van der Waals surface area contributed by atoms with Crippen LogP contribution < -0.4 is 16.0 Å². The number of amides is 3. The van der Waals surface area contributed by atoms with Crippen LogP contribution in [0.5, 0.6) is 0 Å². The lowest BCUT2D eigenvalue weighted by Crippen LogP contribution is -2.43. The van der Waals surface area contributed by atoms with Crippen molar-refractivity contribution in [2.75, 3.05) is 13.1 Å². The molecule has 8 nitrogen and oxygen atoms in total. The van der Waals surface area contributed by atoms with E-state index in [-0.39, 0.29) is 37.6 Å². The Bertz CT molecular complexity index is 749. The molecule has 0 spiro atoms. The molecule has 0 bridgehead atoms. The van der Waals surface area contributed by atoms with Crippen LogP contribution in [0, 0.1) is 0 Å². The van der Waals surface area contributed by atoms with Crippen molar-refractivity contribution in [3.8, 4) is 0 Å². The second-order valence-electron chi connectivity index (χ2n) is 6.03. The van der Waals surface area contributed by atoms with Gasteiger partial charge in [0.15, 0.2) is 0 Å². The minimum atomic E-state index is -5.12. The monoisotopic (exact) mass is 445 g/mol. The molecule has 0 saturated heterocycles. The lowest BCUT2D eigenvalue weighted by atomic mass is 10.0. The maximum atomic E-state index is 12.9. The molecular formula is C16H17F6N3O5. The topological polar surface area (TPSA) is 128 Å². The Morgan fingerprint density at radius 1 is 0.867 bits per heavy atom. The molecule has 30 heavy (non-hydrogen) atoms. The zero-order chi connectivity index (χ0) is 23.1. The summed E-state index contributed by atoms with van der Waals surface area (Å²) in [6.07, 6.45) is -12.9. The van der Waals surface area contributed by atoms with Gasteiger partial charge in [-0.1, -0.05) is 0 Å². The van der Waals surface area contributed by atoms with Crippen LogP contribution in [-0.2, 0) is 12.4 Å². The number of nitrogens with one attached hydrogen (secondary N) is 3. The zero-order valence-corrected chi connectivity index (χ0v) is 15.0. The van der Waals surface area contributed by atoms with Crippen molar-refractivity contribution < 1.29 is 50.9 Å². The van der Waals surface area contributed by atoms with Gasteiger partial charge >= 0.3 is 24.5 Å². The van der Waals surface area contributed by atoms with Gasteiger partial charge in [0.2, 0.25) is 0 Å². The van der Waals surface area contributed by atoms with Gasteiger partial charge in [0, 0.05) is 24.7 Å². The third kappa shape index (κ3) is 8.45. The van der Waals surface area contributed by atoms with Gasteiger partial charge in [0.05, 0.1) is 11.1 Å². The SMILES string of the molecule is O=C(O)NCCC[C@H](CNC(=O)c1cc(C(F)(F)F)cc(C(F)(F)F)c1)NC(=O)O. The van der Waals surface area contributed by atoms with Crippen molar-refractivity contribution in [3.05, 3.63) is 34.9 Å². The molecule has 1 aromatic rings. The van der Waals surface area contributed by atoms with Gasteiger partial charge in [-0.2, -0.15) is 26.3 Å². The highest BCUT2D eigenvalue weighted by atomic mass is 19.4. The first-order valence-corrected chi connectivity index (χ1v) is 8.24. The predicted octanol–water partition coefficient (Wildman–Crippen LogP) is 3.14. The molecule has 0 aliphatic heterocycles. The predicted molar refractivity (Wildman–Crippen MR) is 89.0 cm³/mol. The molecule has 0 saturated carbocycles. The Morgan fingerprint density at radius 3 is 1.83 bits per heavy atom. The van der Waals surface area contributed by atoms with Crippen LogP contribution in [0.1, 0.15) is 34.3 Å². The summed E-state index contributed by atoms with van der Waals surface area (Å²) >= 11 is 0. The maximum absolute atomic E-state index is 12.9. The van der Waals surface area contributed by atoms with Crippen molar-refractivity contribution in [2.24, 2.45) is 0 Å². The Labute approximate surface area is 165 Å². The number of rotatable bonds is 8. The molecule has 5 N–H and O–H groups in total. The summed E-state index contributed by atoms with van der Waals surface area (Å²) in [4.78, 5) is 33.2. The Kier molecular flexibility index (Phi) is 8.30. The third-order valence-corrected chi connectivity index (χ3v) is 3.69. The van der Waals surface area contributed by atoms with E-state index in [1.165, 1.54) is 0 Å². The molecule has 0 aromatic heterocycles. The van der Waals surface area contributed by atoms with Crippen molar-refractivity contribution in [1.82, 2.24) is 16.0 Å².